The van der Waals surface area contributed by atoms with Gasteiger partial charge in [0, 0.05) is 20.3 Å². The third kappa shape index (κ3) is 5.06. The van der Waals surface area contributed by atoms with E-state index in [2.05, 4.69) is 15.3 Å². The molecule has 0 spiro atoms. The average molecular weight is 316 g/mol. The van der Waals surface area contributed by atoms with Gasteiger partial charge in [-0.2, -0.15) is 0 Å². The van der Waals surface area contributed by atoms with Gasteiger partial charge in [-0.05, 0) is 11.6 Å². The van der Waals surface area contributed by atoms with Crippen LogP contribution in [0.15, 0.2) is 47.6 Å². The molecule has 0 unspecified atom stereocenters. The molecule has 120 valence electrons. The summed E-state index contributed by atoms with van der Waals surface area (Å²) < 4.78 is 19.2. The predicted octanol–water partition coefficient (Wildman–Crippen LogP) is 3.19. The largest absolute Gasteiger partial charge is 0.444 e. The van der Waals surface area contributed by atoms with Crippen LogP contribution in [0.5, 0.6) is 0 Å². The Bertz CT molecular complexity index is 690. The molecule has 23 heavy (non-hydrogen) atoms. The number of carbonyl (C=O) groups excluding carboxylic acids is 1. The molecule has 0 bridgehead atoms. The molecule has 0 fully saturated rings. The monoisotopic (exact) mass is 316 g/mol. The number of hydrogen-bond donors (Lipinski definition) is 1. The van der Waals surface area contributed by atoms with Crippen molar-refractivity contribution < 1.29 is 13.9 Å². The number of hydrogen-bond acceptors (Lipinski definition) is 4. The molecule has 0 aliphatic heterocycles. The number of pyridine rings is 1. The van der Waals surface area contributed by atoms with Crippen LogP contribution in [-0.2, 0) is 11.3 Å². The van der Waals surface area contributed by atoms with Crippen molar-refractivity contribution in [1.29, 1.82) is 0 Å². The normalized spacial score (nSPS) is 10.6. The zero-order valence-corrected chi connectivity index (χ0v) is 12.9. The molecule has 2 rings (SSSR count). The quantitative estimate of drug-likeness (QED) is 0.679. The van der Waals surface area contributed by atoms with E-state index in [1.165, 1.54) is 18.6 Å². The molecule has 1 heterocycles. The molecule has 1 N–H and O–H groups in total. The van der Waals surface area contributed by atoms with Crippen LogP contribution >= 0.6 is 0 Å². The Kier molecular flexibility index (Phi) is 5.62. The maximum atomic E-state index is 14.2. The van der Waals surface area contributed by atoms with Crippen LogP contribution in [0.4, 0.5) is 20.7 Å². The molecule has 1 aromatic heterocycles. The number of rotatable bonds is 5. The first-order chi connectivity index (χ1) is 11.1. The van der Waals surface area contributed by atoms with Crippen molar-refractivity contribution in [1.82, 2.24) is 9.88 Å². The third-order valence-corrected chi connectivity index (χ3v) is 2.73. The first-order valence-corrected chi connectivity index (χ1v) is 6.89. The van der Waals surface area contributed by atoms with Crippen molar-refractivity contribution in [3.05, 3.63) is 54.0 Å². The average Bonchev–Trinajstić information content (AvgIpc) is 2.54. The van der Waals surface area contributed by atoms with Crippen LogP contribution in [0.25, 0.3) is 0 Å². The molecule has 0 saturated heterocycles. The van der Waals surface area contributed by atoms with Gasteiger partial charge in [0.05, 0.1) is 12.0 Å². The van der Waals surface area contributed by atoms with Gasteiger partial charge in [0.25, 0.3) is 0 Å². The topological polar surface area (TPSA) is 66.8 Å². The number of aromatic nitrogens is 1. The van der Waals surface area contributed by atoms with Crippen LogP contribution in [-0.4, -0.2) is 36.4 Å². The fourth-order valence-electron chi connectivity index (χ4n) is 1.66. The zero-order chi connectivity index (χ0) is 16.7. The second-order valence-corrected chi connectivity index (χ2v) is 4.89. The SMILES string of the molecule is CN(C)C=Nc1nccc(NC(=O)OCc2ccccc2)c1F. The lowest BCUT2D eigenvalue weighted by atomic mass is 10.2. The molecule has 1 amide bonds. The van der Waals surface area contributed by atoms with Crippen LogP contribution in [0.3, 0.4) is 0 Å². The maximum absolute atomic E-state index is 14.2. The number of amides is 1. The van der Waals surface area contributed by atoms with Gasteiger partial charge in [0.2, 0.25) is 0 Å². The lowest BCUT2D eigenvalue weighted by Crippen LogP contribution is -2.14. The highest BCUT2D eigenvalue weighted by Crippen LogP contribution is 2.22. The van der Waals surface area contributed by atoms with Gasteiger partial charge in [0.1, 0.15) is 6.61 Å². The van der Waals surface area contributed by atoms with Gasteiger partial charge in [-0.1, -0.05) is 30.3 Å². The Morgan fingerprint density at radius 3 is 2.78 bits per heavy atom. The molecule has 0 aliphatic rings. The van der Waals surface area contributed by atoms with Gasteiger partial charge in [-0.3, -0.25) is 5.32 Å². The lowest BCUT2D eigenvalue weighted by molar-refractivity contribution is 0.155. The highest BCUT2D eigenvalue weighted by atomic mass is 19.1. The first-order valence-electron chi connectivity index (χ1n) is 6.89. The van der Waals surface area contributed by atoms with Gasteiger partial charge in [-0.25, -0.2) is 19.2 Å². The molecule has 1 aromatic carbocycles. The van der Waals surface area contributed by atoms with Gasteiger partial charge in [-0.15, -0.1) is 0 Å². The van der Waals surface area contributed by atoms with Crippen molar-refractivity contribution in [2.75, 3.05) is 19.4 Å². The molecule has 0 saturated carbocycles. The smallest absolute Gasteiger partial charge is 0.412 e. The summed E-state index contributed by atoms with van der Waals surface area (Å²) in [5, 5.41) is 2.34. The fourth-order valence-corrected chi connectivity index (χ4v) is 1.66. The number of ether oxygens (including phenoxy) is 1. The van der Waals surface area contributed by atoms with Crippen molar-refractivity contribution in [3.8, 4) is 0 Å². The summed E-state index contributed by atoms with van der Waals surface area (Å²) in [6.07, 6.45) is 2.03. The van der Waals surface area contributed by atoms with E-state index in [0.717, 1.165) is 5.56 Å². The summed E-state index contributed by atoms with van der Waals surface area (Å²) >= 11 is 0. The van der Waals surface area contributed by atoms with E-state index < -0.39 is 11.9 Å². The Morgan fingerprint density at radius 2 is 2.09 bits per heavy atom. The Labute approximate surface area is 133 Å². The molecule has 6 nitrogen and oxygen atoms in total. The number of nitrogens with zero attached hydrogens (tertiary/aromatic N) is 3. The van der Waals surface area contributed by atoms with Crippen LogP contribution in [0.2, 0.25) is 0 Å². The molecular weight excluding hydrogens is 299 g/mol. The zero-order valence-electron chi connectivity index (χ0n) is 12.9. The Balaban J connectivity index is 1.99. The van der Waals surface area contributed by atoms with E-state index in [4.69, 9.17) is 4.74 Å². The maximum Gasteiger partial charge on any atom is 0.412 e. The van der Waals surface area contributed by atoms with Gasteiger partial charge in [0.15, 0.2) is 11.6 Å². The van der Waals surface area contributed by atoms with E-state index in [0.29, 0.717) is 0 Å². The number of anilines is 1. The highest BCUT2D eigenvalue weighted by Gasteiger charge is 2.12. The minimum Gasteiger partial charge on any atom is -0.444 e. The summed E-state index contributed by atoms with van der Waals surface area (Å²) in [6.45, 7) is 0.102. The standard InChI is InChI=1S/C16H17FN4O2/c1-21(2)11-19-15-14(17)13(8-9-18-15)20-16(22)23-10-12-6-4-3-5-7-12/h3-9,11H,10H2,1-2H3,(H,18,20,22). The second kappa shape index (κ2) is 7.88. The number of halogens is 1. The Morgan fingerprint density at radius 1 is 1.35 bits per heavy atom. The summed E-state index contributed by atoms with van der Waals surface area (Å²) in [6, 6.07) is 10.5. The summed E-state index contributed by atoms with van der Waals surface area (Å²) in [5.41, 5.74) is 0.804. The third-order valence-electron chi connectivity index (χ3n) is 2.73. The highest BCUT2D eigenvalue weighted by molar-refractivity contribution is 5.85. The number of benzene rings is 1. The van der Waals surface area contributed by atoms with Crippen molar-refractivity contribution >= 4 is 23.9 Å². The lowest BCUT2D eigenvalue weighted by Gasteiger charge is -2.09. The van der Waals surface area contributed by atoms with E-state index in [9.17, 15) is 9.18 Å². The molecule has 0 aliphatic carbocycles. The molecule has 2 aromatic rings. The van der Waals surface area contributed by atoms with E-state index in [1.54, 1.807) is 19.0 Å². The molecule has 7 heteroatoms. The fraction of sp³-hybridized carbons (Fsp3) is 0.188. The molecular formula is C16H17FN4O2. The number of nitrogens with one attached hydrogen (secondary N) is 1. The van der Waals surface area contributed by atoms with Gasteiger partial charge < -0.3 is 9.64 Å². The van der Waals surface area contributed by atoms with Gasteiger partial charge >= 0.3 is 6.09 Å². The molecule has 0 radical (unpaired) electrons. The summed E-state index contributed by atoms with van der Waals surface area (Å²) in [4.78, 5) is 21.1. The number of carbonyl (C=O) groups is 1. The van der Waals surface area contributed by atoms with Crippen LogP contribution in [0.1, 0.15) is 5.56 Å². The molecule has 0 atom stereocenters. The second-order valence-electron chi connectivity index (χ2n) is 4.89. The summed E-state index contributed by atoms with van der Waals surface area (Å²) in [5.74, 6) is -0.832. The number of aliphatic imine (C=N–C) groups is 1. The van der Waals surface area contributed by atoms with E-state index >= 15 is 0 Å². The Hall–Kier alpha value is -2.96. The minimum atomic E-state index is -0.749. The minimum absolute atomic E-state index is 0.0380. The first kappa shape index (κ1) is 16.4. The van der Waals surface area contributed by atoms with Crippen molar-refractivity contribution in [2.45, 2.75) is 6.61 Å². The van der Waals surface area contributed by atoms with E-state index in [-0.39, 0.29) is 18.1 Å². The van der Waals surface area contributed by atoms with Crippen molar-refractivity contribution in [3.63, 3.8) is 0 Å². The van der Waals surface area contributed by atoms with E-state index in [1.807, 2.05) is 30.3 Å². The van der Waals surface area contributed by atoms with Crippen molar-refractivity contribution in [2.24, 2.45) is 4.99 Å². The summed E-state index contributed by atoms with van der Waals surface area (Å²) in [7, 11) is 3.51. The predicted molar refractivity (Wildman–Crippen MR) is 86.3 cm³/mol. The van der Waals surface area contributed by atoms with Crippen LogP contribution in [0, 0.1) is 5.82 Å². The van der Waals surface area contributed by atoms with Crippen LogP contribution < -0.4 is 5.32 Å².